The van der Waals surface area contributed by atoms with Crippen LogP contribution < -0.4 is 0 Å². The van der Waals surface area contributed by atoms with Crippen LogP contribution in [-0.2, 0) is 9.59 Å². The molecule has 25 heavy (non-hydrogen) atoms. The Morgan fingerprint density at radius 1 is 1.28 bits per heavy atom. The molecule has 138 valence electrons. The highest BCUT2D eigenvalue weighted by molar-refractivity contribution is 5.91. The van der Waals surface area contributed by atoms with Crippen LogP contribution in [0.2, 0.25) is 0 Å². The number of allylic oxidation sites excluding steroid dienone is 1. The second kappa shape index (κ2) is 5.52. The Kier molecular flexibility index (Phi) is 3.85. The number of ketones is 2. The summed E-state index contributed by atoms with van der Waals surface area (Å²) in [7, 11) is 0. The first-order valence-electron chi connectivity index (χ1n) is 10.1. The van der Waals surface area contributed by atoms with E-state index in [1.807, 2.05) is 6.08 Å². The molecule has 1 N–H and O–H groups in total. The van der Waals surface area contributed by atoms with Gasteiger partial charge in [-0.05, 0) is 79.6 Å². The van der Waals surface area contributed by atoms with Gasteiger partial charge in [0.1, 0.15) is 5.78 Å². The maximum absolute atomic E-state index is 12.2. The van der Waals surface area contributed by atoms with Gasteiger partial charge in [-0.1, -0.05) is 26.3 Å². The van der Waals surface area contributed by atoms with E-state index in [2.05, 4.69) is 20.8 Å². The first-order valence-corrected chi connectivity index (χ1v) is 10.1. The standard InChI is InChI=1S/C22H32O3/c1-12-9-15-17-6-5-16(13(2)23)22(17,4)11-19(25)20(15)21(3)8-7-14(24)10-18(12)21/h10,12,15-17,19-20,25H,5-9,11H2,1-4H3/t12-,15-,16-,17+,19+,20+,21+,22-/m0/s1. The zero-order valence-corrected chi connectivity index (χ0v) is 16.0. The molecular formula is C22H32O3. The summed E-state index contributed by atoms with van der Waals surface area (Å²) in [6.07, 6.45) is 6.93. The number of hydrogen-bond donors (Lipinski definition) is 1. The second-order valence-corrected chi connectivity index (χ2v) is 9.93. The summed E-state index contributed by atoms with van der Waals surface area (Å²) in [6, 6.07) is 0. The van der Waals surface area contributed by atoms with E-state index in [0.29, 0.717) is 30.0 Å². The summed E-state index contributed by atoms with van der Waals surface area (Å²) in [4.78, 5) is 24.3. The largest absolute Gasteiger partial charge is 0.393 e. The minimum Gasteiger partial charge on any atom is -0.393 e. The molecule has 8 atom stereocenters. The fourth-order valence-electron chi connectivity index (χ4n) is 7.79. The first kappa shape index (κ1) is 17.5. The topological polar surface area (TPSA) is 54.4 Å². The fourth-order valence-corrected chi connectivity index (χ4v) is 7.79. The number of aliphatic hydroxyl groups is 1. The lowest BCUT2D eigenvalue weighted by molar-refractivity contribution is -0.147. The molecule has 0 unspecified atom stereocenters. The van der Waals surface area contributed by atoms with Crippen LogP contribution in [0.3, 0.4) is 0 Å². The predicted octanol–water partition coefficient (Wildman–Crippen LogP) is 3.94. The smallest absolute Gasteiger partial charge is 0.155 e. The third-order valence-corrected chi connectivity index (χ3v) is 8.70. The molecule has 4 aliphatic rings. The van der Waals surface area contributed by atoms with E-state index < -0.39 is 0 Å². The molecule has 0 aromatic heterocycles. The van der Waals surface area contributed by atoms with Gasteiger partial charge in [-0.2, -0.15) is 0 Å². The molecule has 0 amide bonds. The molecule has 0 radical (unpaired) electrons. The van der Waals surface area contributed by atoms with Gasteiger partial charge in [-0.15, -0.1) is 0 Å². The number of Topliss-reactive ketones (excluding diaryl/α,β-unsaturated/α-hetero) is 1. The highest BCUT2D eigenvalue weighted by Gasteiger charge is 2.63. The van der Waals surface area contributed by atoms with Crippen LogP contribution in [0.4, 0.5) is 0 Å². The molecule has 4 aliphatic carbocycles. The van der Waals surface area contributed by atoms with Gasteiger partial charge in [0.2, 0.25) is 0 Å². The van der Waals surface area contributed by atoms with Crippen molar-refractivity contribution in [1.29, 1.82) is 0 Å². The lowest BCUT2D eigenvalue weighted by Crippen LogP contribution is -2.58. The lowest BCUT2D eigenvalue weighted by Gasteiger charge is -2.61. The van der Waals surface area contributed by atoms with E-state index >= 15 is 0 Å². The average Bonchev–Trinajstić information content (AvgIpc) is 2.85. The van der Waals surface area contributed by atoms with Crippen LogP contribution in [0.15, 0.2) is 11.6 Å². The van der Waals surface area contributed by atoms with Crippen molar-refractivity contribution in [2.24, 2.45) is 40.4 Å². The van der Waals surface area contributed by atoms with Crippen molar-refractivity contribution >= 4 is 11.6 Å². The molecule has 0 aliphatic heterocycles. The van der Waals surface area contributed by atoms with E-state index in [1.54, 1.807) is 6.92 Å². The molecule has 0 aromatic carbocycles. The molecule has 0 saturated heterocycles. The van der Waals surface area contributed by atoms with Crippen molar-refractivity contribution in [3.63, 3.8) is 0 Å². The molecule has 3 fully saturated rings. The van der Waals surface area contributed by atoms with E-state index in [4.69, 9.17) is 0 Å². The maximum Gasteiger partial charge on any atom is 0.155 e. The Bertz CT molecular complexity index is 650. The van der Waals surface area contributed by atoms with Gasteiger partial charge in [0.15, 0.2) is 5.78 Å². The third kappa shape index (κ3) is 2.27. The van der Waals surface area contributed by atoms with E-state index in [0.717, 1.165) is 32.1 Å². The van der Waals surface area contributed by atoms with Crippen LogP contribution in [0.25, 0.3) is 0 Å². The van der Waals surface area contributed by atoms with E-state index in [-0.39, 0.29) is 34.6 Å². The zero-order valence-electron chi connectivity index (χ0n) is 16.0. The van der Waals surface area contributed by atoms with Crippen LogP contribution in [0.1, 0.15) is 66.2 Å². The highest BCUT2D eigenvalue weighted by atomic mass is 16.3. The minimum absolute atomic E-state index is 0.0474. The molecule has 0 aromatic rings. The van der Waals surface area contributed by atoms with Crippen molar-refractivity contribution in [2.75, 3.05) is 0 Å². The normalized spacial score (nSPS) is 52.0. The Hall–Kier alpha value is -0.960. The summed E-state index contributed by atoms with van der Waals surface area (Å²) in [5, 5.41) is 11.2. The van der Waals surface area contributed by atoms with Crippen molar-refractivity contribution in [3.8, 4) is 0 Å². The van der Waals surface area contributed by atoms with Gasteiger partial charge in [0.25, 0.3) is 0 Å². The van der Waals surface area contributed by atoms with E-state index in [1.165, 1.54) is 5.57 Å². The summed E-state index contributed by atoms with van der Waals surface area (Å²) >= 11 is 0. The molecule has 0 heterocycles. The number of fused-ring (bicyclic) bond motifs is 5. The number of carbonyl (C=O) groups is 2. The van der Waals surface area contributed by atoms with Gasteiger partial charge < -0.3 is 5.11 Å². The number of aliphatic hydroxyl groups excluding tert-OH is 1. The van der Waals surface area contributed by atoms with Crippen LogP contribution in [-0.4, -0.2) is 22.8 Å². The van der Waals surface area contributed by atoms with Crippen molar-refractivity contribution in [1.82, 2.24) is 0 Å². The van der Waals surface area contributed by atoms with Gasteiger partial charge >= 0.3 is 0 Å². The molecule has 3 nitrogen and oxygen atoms in total. The van der Waals surface area contributed by atoms with Crippen LogP contribution in [0, 0.1) is 40.4 Å². The monoisotopic (exact) mass is 344 g/mol. The second-order valence-electron chi connectivity index (χ2n) is 9.93. The van der Waals surface area contributed by atoms with Crippen molar-refractivity contribution < 1.29 is 14.7 Å². The number of hydrogen-bond acceptors (Lipinski definition) is 3. The van der Waals surface area contributed by atoms with Crippen molar-refractivity contribution in [2.45, 2.75) is 72.3 Å². The maximum atomic E-state index is 12.2. The summed E-state index contributed by atoms with van der Waals surface area (Å²) in [5.74, 6) is 2.33. The van der Waals surface area contributed by atoms with Gasteiger partial charge in [-0.25, -0.2) is 0 Å². The van der Waals surface area contributed by atoms with E-state index in [9.17, 15) is 14.7 Å². The quantitative estimate of drug-likeness (QED) is 0.784. The SMILES string of the molecule is CC(=O)[C@@H]1CC[C@@H]2[C@@H]3C[C@H](C)C4=CC(=O)CC[C@@]4(C)[C@H]3[C@H](O)C[C@]21C. The molecule has 0 spiro atoms. The molecular weight excluding hydrogens is 312 g/mol. The predicted molar refractivity (Wildman–Crippen MR) is 96.8 cm³/mol. The van der Waals surface area contributed by atoms with Gasteiger partial charge in [-0.3, -0.25) is 9.59 Å². The molecule has 3 saturated carbocycles. The Morgan fingerprint density at radius 3 is 2.68 bits per heavy atom. The Morgan fingerprint density at radius 2 is 2.00 bits per heavy atom. The van der Waals surface area contributed by atoms with Crippen molar-refractivity contribution in [3.05, 3.63) is 11.6 Å². The Balaban J connectivity index is 1.76. The zero-order chi connectivity index (χ0) is 18.1. The molecule has 0 bridgehead atoms. The Labute approximate surface area is 151 Å². The van der Waals surface area contributed by atoms with Gasteiger partial charge in [0.05, 0.1) is 6.10 Å². The lowest BCUT2D eigenvalue weighted by atomic mass is 9.44. The number of rotatable bonds is 1. The highest BCUT2D eigenvalue weighted by Crippen LogP contribution is 2.67. The average molecular weight is 344 g/mol. The first-order chi connectivity index (χ1) is 11.7. The fraction of sp³-hybridized carbons (Fsp3) is 0.818. The summed E-state index contributed by atoms with van der Waals surface area (Å²) in [6.45, 7) is 8.55. The third-order valence-electron chi connectivity index (χ3n) is 8.70. The van der Waals surface area contributed by atoms with Crippen LogP contribution in [0.5, 0.6) is 0 Å². The molecule has 4 rings (SSSR count). The number of carbonyl (C=O) groups excluding carboxylic acids is 2. The molecule has 3 heteroatoms. The van der Waals surface area contributed by atoms with Gasteiger partial charge in [0, 0.05) is 12.3 Å². The van der Waals surface area contributed by atoms with Crippen LogP contribution >= 0.6 is 0 Å². The summed E-state index contributed by atoms with van der Waals surface area (Å²) < 4.78 is 0. The minimum atomic E-state index is -0.361. The summed E-state index contributed by atoms with van der Waals surface area (Å²) in [5.41, 5.74) is 1.19.